The average Bonchev–Trinajstić information content (AvgIpc) is 3.04. The first-order valence-corrected chi connectivity index (χ1v) is 13.5. The van der Waals surface area contributed by atoms with Gasteiger partial charge in [-0.15, -0.1) is 24.8 Å². The van der Waals surface area contributed by atoms with Crippen LogP contribution in [0.4, 0.5) is 0 Å². The van der Waals surface area contributed by atoms with E-state index in [0.717, 1.165) is 0 Å². The Morgan fingerprint density at radius 1 is 0.719 bits per heavy atom. The minimum absolute atomic E-state index is 0. The second kappa shape index (κ2) is 11.4. The minimum Gasteiger partial charge on any atom is -0.329 e. The van der Waals surface area contributed by atoms with Gasteiger partial charge in [0.15, 0.2) is 0 Å². The van der Waals surface area contributed by atoms with Crippen LogP contribution in [-0.4, -0.2) is 13.8 Å². The van der Waals surface area contributed by atoms with Gasteiger partial charge in [-0.05, 0) is 53.8 Å². The maximum atomic E-state index is 4.05. The maximum absolute atomic E-state index is 4.05. The van der Waals surface area contributed by atoms with Crippen LogP contribution in [0.15, 0.2) is 90.1 Å². The van der Waals surface area contributed by atoms with Gasteiger partial charge < -0.3 is 4.98 Å². The minimum atomic E-state index is -1.97. The molecule has 168 valence electrons. The van der Waals surface area contributed by atoms with Crippen molar-refractivity contribution < 1.29 is 26.2 Å². The maximum Gasteiger partial charge on any atom is 0.149 e. The molecule has 1 atom stereocenters. The molecule has 3 aromatic rings. The molecule has 1 N–H and O–H groups in total. The van der Waals surface area contributed by atoms with Gasteiger partial charge in [0, 0.05) is 37.7 Å². The Morgan fingerprint density at radius 3 is 1.78 bits per heavy atom. The first-order chi connectivity index (χ1) is 13.8. The topological polar surface area (TPSA) is 12.0 Å². The van der Waals surface area contributed by atoms with E-state index >= 15 is 0 Å². The van der Waals surface area contributed by atoms with Crippen LogP contribution in [0.2, 0.25) is 13.1 Å². The van der Waals surface area contributed by atoms with Crippen molar-refractivity contribution in [2.45, 2.75) is 45.3 Å². The summed E-state index contributed by atoms with van der Waals surface area (Å²) in [7, 11) is -1.97. The second-order valence-electron chi connectivity index (χ2n) is 9.59. The summed E-state index contributed by atoms with van der Waals surface area (Å²) in [4.78, 5) is 4.05. The van der Waals surface area contributed by atoms with Gasteiger partial charge in [0.1, 0.15) is 8.24 Å². The van der Waals surface area contributed by atoms with Crippen LogP contribution < -0.4 is 4.98 Å². The SMILES string of the molecule is CC(C)(C)N[Si](C)(C)C1=C(c2ccccc2)c2ccccc2C1c1ccccc1.Cl.Cl.[Zr]. The van der Waals surface area contributed by atoms with Gasteiger partial charge in [0.25, 0.3) is 0 Å². The molecule has 0 aromatic heterocycles. The summed E-state index contributed by atoms with van der Waals surface area (Å²) >= 11 is 0. The summed E-state index contributed by atoms with van der Waals surface area (Å²) in [6.07, 6.45) is 0. The number of hydrogen-bond acceptors (Lipinski definition) is 1. The second-order valence-corrected chi connectivity index (χ2v) is 13.6. The van der Waals surface area contributed by atoms with Gasteiger partial charge >= 0.3 is 0 Å². The summed E-state index contributed by atoms with van der Waals surface area (Å²) < 4.78 is 0. The van der Waals surface area contributed by atoms with Crippen molar-refractivity contribution in [2.24, 2.45) is 0 Å². The first-order valence-electron chi connectivity index (χ1n) is 10.5. The molecule has 0 fully saturated rings. The number of hydrogen-bond donors (Lipinski definition) is 1. The zero-order valence-corrected chi connectivity index (χ0v) is 24.6. The fourth-order valence-electron chi connectivity index (χ4n) is 5.01. The molecule has 1 aliphatic rings. The van der Waals surface area contributed by atoms with Crippen LogP contribution in [-0.2, 0) is 26.2 Å². The summed E-state index contributed by atoms with van der Waals surface area (Å²) in [5, 5.41) is 1.59. The molecule has 0 radical (unpaired) electrons. The Kier molecular flexibility index (Phi) is 10.4. The van der Waals surface area contributed by atoms with Gasteiger partial charge in [-0.1, -0.05) is 98.0 Å². The molecule has 1 aliphatic carbocycles. The number of benzene rings is 3. The van der Waals surface area contributed by atoms with Gasteiger partial charge in [-0.2, -0.15) is 0 Å². The Bertz CT molecular complexity index is 1040. The molecular weight excluding hydrogens is 529 g/mol. The molecule has 1 nitrogen and oxygen atoms in total. The van der Waals surface area contributed by atoms with Crippen LogP contribution in [0.5, 0.6) is 0 Å². The van der Waals surface area contributed by atoms with Crippen molar-refractivity contribution in [2.75, 3.05) is 0 Å². The number of allylic oxidation sites excluding steroid dienone is 1. The number of nitrogens with one attached hydrogen (secondary N) is 1. The molecule has 0 saturated carbocycles. The molecular formula is C27H33Cl2NSiZr. The molecule has 0 saturated heterocycles. The zero-order valence-electron chi connectivity index (χ0n) is 19.5. The van der Waals surface area contributed by atoms with Crippen LogP contribution in [0.1, 0.15) is 48.9 Å². The summed E-state index contributed by atoms with van der Waals surface area (Å²) in [6, 6.07) is 31.0. The molecule has 0 amide bonds. The fraction of sp³-hybridized carbons (Fsp3) is 0.259. The Labute approximate surface area is 226 Å². The molecule has 0 heterocycles. The number of halogens is 2. The van der Waals surface area contributed by atoms with Crippen molar-refractivity contribution in [3.8, 4) is 0 Å². The summed E-state index contributed by atoms with van der Waals surface area (Å²) in [6.45, 7) is 11.8. The number of rotatable bonds is 4. The Hall–Kier alpha value is -0.960. The van der Waals surface area contributed by atoms with Gasteiger partial charge in [-0.3, -0.25) is 0 Å². The van der Waals surface area contributed by atoms with Crippen LogP contribution in [0.3, 0.4) is 0 Å². The molecule has 0 spiro atoms. The summed E-state index contributed by atoms with van der Waals surface area (Å²) in [5.41, 5.74) is 7.04. The van der Waals surface area contributed by atoms with Gasteiger partial charge in [0.05, 0.1) is 0 Å². The molecule has 1 unspecified atom stereocenters. The monoisotopic (exact) mass is 559 g/mol. The molecule has 0 bridgehead atoms. The smallest absolute Gasteiger partial charge is 0.149 e. The molecule has 3 aromatic carbocycles. The molecule has 5 heteroatoms. The summed E-state index contributed by atoms with van der Waals surface area (Å²) in [5.74, 6) is 0.305. The fourth-order valence-corrected chi connectivity index (χ4v) is 8.96. The van der Waals surface area contributed by atoms with E-state index in [0.29, 0.717) is 5.92 Å². The van der Waals surface area contributed by atoms with E-state index in [2.05, 4.69) is 124 Å². The predicted octanol–water partition coefficient (Wildman–Crippen LogP) is 7.61. The van der Waals surface area contributed by atoms with E-state index in [-0.39, 0.29) is 56.6 Å². The van der Waals surface area contributed by atoms with E-state index in [1.54, 1.807) is 5.20 Å². The third-order valence-corrected chi connectivity index (χ3v) is 8.92. The Balaban J connectivity index is 0.00000171. The van der Waals surface area contributed by atoms with Crippen molar-refractivity contribution in [1.29, 1.82) is 0 Å². The third-order valence-electron chi connectivity index (χ3n) is 5.66. The predicted molar refractivity (Wildman–Crippen MR) is 142 cm³/mol. The van der Waals surface area contributed by atoms with Crippen LogP contribution in [0.25, 0.3) is 5.57 Å². The molecule has 0 aliphatic heterocycles. The molecule has 4 rings (SSSR count). The van der Waals surface area contributed by atoms with E-state index < -0.39 is 8.24 Å². The largest absolute Gasteiger partial charge is 0.329 e. The van der Waals surface area contributed by atoms with E-state index in [4.69, 9.17) is 0 Å². The normalized spacial score (nSPS) is 15.2. The van der Waals surface area contributed by atoms with Gasteiger partial charge in [-0.25, -0.2) is 0 Å². The standard InChI is InChI=1S/C27H31NSi.2ClH.Zr/c1-27(2,3)28-29(4,5)26-24(20-14-8-6-9-15-20)22-18-12-13-19-23(22)25(26)21-16-10-7-11-17-21;;;/h6-19,24,28H,1-5H3;2*1H;. The van der Waals surface area contributed by atoms with Crippen LogP contribution in [0, 0.1) is 0 Å². The number of fused-ring (bicyclic) bond motifs is 1. The average molecular weight is 562 g/mol. The third kappa shape index (κ3) is 5.93. The van der Waals surface area contributed by atoms with Crippen molar-refractivity contribution in [3.05, 3.63) is 112 Å². The first kappa shape index (κ1) is 29.1. The van der Waals surface area contributed by atoms with Crippen molar-refractivity contribution in [3.63, 3.8) is 0 Å². The van der Waals surface area contributed by atoms with E-state index in [1.165, 1.54) is 27.8 Å². The Morgan fingerprint density at radius 2 is 1.22 bits per heavy atom. The van der Waals surface area contributed by atoms with Crippen molar-refractivity contribution >= 4 is 38.6 Å². The van der Waals surface area contributed by atoms with Crippen molar-refractivity contribution in [1.82, 2.24) is 4.98 Å². The zero-order chi connectivity index (χ0) is 20.6. The van der Waals surface area contributed by atoms with E-state index in [9.17, 15) is 0 Å². The molecule has 32 heavy (non-hydrogen) atoms. The van der Waals surface area contributed by atoms with Gasteiger partial charge in [0.2, 0.25) is 0 Å². The van der Waals surface area contributed by atoms with E-state index in [1.807, 2.05) is 0 Å². The van der Waals surface area contributed by atoms with Crippen LogP contribution >= 0.6 is 24.8 Å². The quantitative estimate of drug-likeness (QED) is 0.323.